The zero-order chi connectivity index (χ0) is 17.9. The third-order valence-corrected chi connectivity index (χ3v) is 5.87. The molecule has 134 valence electrons. The summed E-state index contributed by atoms with van der Waals surface area (Å²) in [7, 11) is 0. The molecule has 1 fully saturated rings. The Balaban J connectivity index is 1.50. The highest BCUT2D eigenvalue weighted by molar-refractivity contribution is 7.13. The van der Waals surface area contributed by atoms with Gasteiger partial charge in [-0.1, -0.05) is 26.8 Å². The first-order chi connectivity index (χ1) is 11.9. The monoisotopic (exact) mass is 358 g/mol. The Kier molecular flexibility index (Phi) is 5.52. The second kappa shape index (κ2) is 7.65. The van der Waals surface area contributed by atoms with Crippen LogP contribution in [0.15, 0.2) is 29.8 Å². The number of ether oxygens (including phenoxy) is 1. The molecule has 0 aliphatic heterocycles. The first-order valence-electron chi connectivity index (χ1n) is 8.97. The van der Waals surface area contributed by atoms with Gasteiger partial charge in [0.15, 0.2) is 0 Å². The van der Waals surface area contributed by atoms with Crippen molar-refractivity contribution in [1.82, 2.24) is 9.97 Å². The maximum absolute atomic E-state index is 12.2. The van der Waals surface area contributed by atoms with Crippen LogP contribution in [-0.4, -0.2) is 22.0 Å². The molecule has 1 aliphatic carbocycles. The van der Waals surface area contributed by atoms with Crippen LogP contribution < -0.4 is 0 Å². The Labute approximate surface area is 153 Å². The van der Waals surface area contributed by atoms with Gasteiger partial charge >= 0.3 is 5.97 Å². The van der Waals surface area contributed by atoms with Crippen LogP contribution in [0.2, 0.25) is 0 Å². The van der Waals surface area contributed by atoms with Gasteiger partial charge in [0.25, 0.3) is 0 Å². The van der Waals surface area contributed by atoms with Crippen molar-refractivity contribution in [2.24, 2.45) is 11.3 Å². The fraction of sp³-hybridized carbons (Fsp3) is 0.550. The Morgan fingerprint density at radius 1 is 1.24 bits per heavy atom. The van der Waals surface area contributed by atoms with Gasteiger partial charge in [0.2, 0.25) is 0 Å². The van der Waals surface area contributed by atoms with Gasteiger partial charge in [-0.25, -0.2) is 4.98 Å². The summed E-state index contributed by atoms with van der Waals surface area (Å²) in [5.74, 6) is 0.555. The molecule has 0 saturated heterocycles. The molecule has 0 radical (unpaired) electrons. The molecule has 2 heterocycles. The summed E-state index contributed by atoms with van der Waals surface area (Å²) in [6, 6.07) is 5.74. The van der Waals surface area contributed by atoms with Crippen LogP contribution >= 0.6 is 11.3 Å². The summed E-state index contributed by atoms with van der Waals surface area (Å²) in [5, 5.41) is 2.76. The molecular formula is C20H26N2O2S. The zero-order valence-corrected chi connectivity index (χ0v) is 16.0. The lowest BCUT2D eigenvalue weighted by Gasteiger charge is -2.36. The average Bonchev–Trinajstić information content (AvgIpc) is 3.03. The second-order valence-electron chi connectivity index (χ2n) is 7.87. The first kappa shape index (κ1) is 18.1. The first-order valence-corrected chi connectivity index (χ1v) is 9.85. The highest BCUT2D eigenvalue weighted by Crippen LogP contribution is 2.38. The average molecular weight is 359 g/mol. The summed E-state index contributed by atoms with van der Waals surface area (Å²) >= 11 is 1.51. The Morgan fingerprint density at radius 2 is 2.00 bits per heavy atom. The summed E-state index contributed by atoms with van der Waals surface area (Å²) in [6.45, 7) is 6.89. The third-order valence-electron chi connectivity index (χ3n) is 4.96. The lowest BCUT2D eigenvalue weighted by Crippen LogP contribution is -2.30. The number of carbonyl (C=O) groups excluding carboxylic acids is 1. The van der Waals surface area contributed by atoms with E-state index in [0.717, 1.165) is 48.0 Å². The lowest BCUT2D eigenvalue weighted by atomic mass is 9.72. The smallest absolute Gasteiger partial charge is 0.312 e. The Hall–Kier alpha value is -1.75. The molecule has 0 atom stereocenters. The molecule has 4 nitrogen and oxygen atoms in total. The molecule has 0 aromatic carbocycles. The van der Waals surface area contributed by atoms with Gasteiger partial charge in [-0.3, -0.25) is 9.78 Å². The number of hydrogen-bond acceptors (Lipinski definition) is 5. The molecule has 3 rings (SSSR count). The van der Waals surface area contributed by atoms with E-state index in [2.05, 4.69) is 30.7 Å². The fourth-order valence-corrected chi connectivity index (χ4v) is 4.21. The quantitative estimate of drug-likeness (QED) is 0.730. The van der Waals surface area contributed by atoms with E-state index < -0.39 is 0 Å². The molecular weight excluding hydrogens is 332 g/mol. The molecule has 0 N–H and O–H groups in total. The van der Waals surface area contributed by atoms with E-state index >= 15 is 0 Å². The molecule has 25 heavy (non-hydrogen) atoms. The van der Waals surface area contributed by atoms with Gasteiger partial charge < -0.3 is 4.74 Å². The molecule has 1 aliphatic rings. The molecule has 1 saturated carbocycles. The fourth-order valence-electron chi connectivity index (χ4n) is 3.42. The molecule has 5 heteroatoms. The van der Waals surface area contributed by atoms with Crippen molar-refractivity contribution < 1.29 is 9.53 Å². The molecule has 2 aromatic heterocycles. The van der Waals surface area contributed by atoms with Crippen LogP contribution in [0.3, 0.4) is 0 Å². The minimum absolute atomic E-state index is 0.0694. The minimum Gasteiger partial charge on any atom is -0.462 e. The van der Waals surface area contributed by atoms with E-state index in [1.165, 1.54) is 11.3 Å². The zero-order valence-electron chi connectivity index (χ0n) is 15.2. The van der Waals surface area contributed by atoms with Crippen molar-refractivity contribution in [3.8, 4) is 10.7 Å². The number of hydrogen-bond donors (Lipinski definition) is 0. The van der Waals surface area contributed by atoms with Crippen LogP contribution in [-0.2, 0) is 16.0 Å². The van der Waals surface area contributed by atoms with Gasteiger partial charge in [-0.2, -0.15) is 0 Å². The summed E-state index contributed by atoms with van der Waals surface area (Å²) in [6.07, 6.45) is 6.29. The summed E-state index contributed by atoms with van der Waals surface area (Å²) < 4.78 is 5.68. The molecule has 0 amide bonds. The van der Waals surface area contributed by atoms with Gasteiger partial charge in [0.1, 0.15) is 11.1 Å². The largest absolute Gasteiger partial charge is 0.462 e. The molecule has 0 bridgehead atoms. The number of pyridine rings is 1. The Bertz CT molecular complexity index is 698. The highest BCUT2D eigenvalue weighted by atomic mass is 32.1. The van der Waals surface area contributed by atoms with E-state index in [1.54, 1.807) is 6.20 Å². The number of nitrogens with zero attached hydrogens (tertiary/aromatic N) is 2. The van der Waals surface area contributed by atoms with Crippen molar-refractivity contribution in [2.75, 3.05) is 0 Å². The van der Waals surface area contributed by atoms with Crippen LogP contribution in [0.25, 0.3) is 10.7 Å². The number of aromatic nitrogens is 2. The summed E-state index contributed by atoms with van der Waals surface area (Å²) in [4.78, 5) is 21.0. The van der Waals surface area contributed by atoms with Crippen LogP contribution in [0.5, 0.6) is 0 Å². The predicted octanol–water partition coefficient (Wildman–Crippen LogP) is 4.90. The van der Waals surface area contributed by atoms with Gasteiger partial charge in [-0.15, -0.1) is 11.3 Å². The van der Waals surface area contributed by atoms with Crippen LogP contribution in [0.4, 0.5) is 0 Å². The van der Waals surface area contributed by atoms with Crippen molar-refractivity contribution in [3.63, 3.8) is 0 Å². The van der Waals surface area contributed by atoms with Crippen LogP contribution in [0.1, 0.15) is 52.1 Å². The van der Waals surface area contributed by atoms with Crippen molar-refractivity contribution in [1.29, 1.82) is 0 Å². The number of thiazole rings is 1. The number of carbonyl (C=O) groups is 1. The van der Waals surface area contributed by atoms with Crippen molar-refractivity contribution in [2.45, 2.75) is 59.0 Å². The van der Waals surface area contributed by atoms with Crippen LogP contribution in [0, 0.1) is 11.3 Å². The predicted molar refractivity (Wildman–Crippen MR) is 100 cm³/mol. The second-order valence-corrected chi connectivity index (χ2v) is 8.72. The van der Waals surface area contributed by atoms with E-state index in [1.807, 2.05) is 23.6 Å². The topological polar surface area (TPSA) is 52.1 Å². The van der Waals surface area contributed by atoms with Crippen molar-refractivity contribution in [3.05, 3.63) is 35.5 Å². The Morgan fingerprint density at radius 3 is 2.64 bits per heavy atom. The third kappa shape index (κ3) is 4.88. The van der Waals surface area contributed by atoms with Gasteiger partial charge in [-0.05, 0) is 49.1 Å². The van der Waals surface area contributed by atoms with Gasteiger partial charge in [0, 0.05) is 11.6 Å². The van der Waals surface area contributed by atoms with E-state index in [9.17, 15) is 4.79 Å². The van der Waals surface area contributed by atoms with E-state index in [-0.39, 0.29) is 18.5 Å². The van der Waals surface area contributed by atoms with E-state index in [4.69, 9.17) is 4.74 Å². The van der Waals surface area contributed by atoms with Crippen molar-refractivity contribution >= 4 is 17.3 Å². The maximum atomic E-state index is 12.2. The standard InChI is InChI=1S/C20H26N2O2S/c1-20(2,3)14-7-9-16(10-8-14)24-18(23)12-15-13-25-19(22-15)17-6-4-5-11-21-17/h4-6,11,13-14,16H,7-10,12H2,1-3H3. The molecule has 0 spiro atoms. The molecule has 2 aromatic rings. The SMILES string of the molecule is CC(C)(C)C1CCC(OC(=O)Cc2csc(-c3ccccn3)n2)CC1. The number of rotatable bonds is 4. The summed E-state index contributed by atoms with van der Waals surface area (Å²) in [5.41, 5.74) is 1.95. The van der Waals surface area contributed by atoms with Gasteiger partial charge in [0.05, 0.1) is 17.8 Å². The van der Waals surface area contributed by atoms with E-state index in [0.29, 0.717) is 5.41 Å². The normalized spacial score (nSPS) is 21.1. The lowest BCUT2D eigenvalue weighted by molar-refractivity contribution is -0.150. The highest BCUT2D eigenvalue weighted by Gasteiger charge is 2.31. The maximum Gasteiger partial charge on any atom is 0.312 e. The molecule has 0 unspecified atom stereocenters. The number of esters is 1. The minimum atomic E-state index is -0.169.